The number of carbonyl (C=O) groups excluding carboxylic acids is 1. The topological polar surface area (TPSA) is 69.8 Å². The SMILES string of the molecule is C/C=C\S/C(NC(=O)c1[nH]c(-c2ccc(NCCCC)cc2)nc1-c1ccc(Cl)cc1)=C(\C)CC. The summed E-state index contributed by atoms with van der Waals surface area (Å²) in [6.45, 7) is 9.18. The minimum Gasteiger partial charge on any atom is -0.385 e. The van der Waals surface area contributed by atoms with Gasteiger partial charge in [0.1, 0.15) is 17.2 Å². The van der Waals surface area contributed by atoms with Crippen molar-refractivity contribution in [1.82, 2.24) is 15.3 Å². The summed E-state index contributed by atoms with van der Waals surface area (Å²) in [7, 11) is 0. The van der Waals surface area contributed by atoms with Crippen LogP contribution in [0.3, 0.4) is 0 Å². The molecule has 0 fully saturated rings. The molecule has 0 saturated carbocycles. The number of allylic oxidation sites excluding steroid dienone is 2. The second kappa shape index (κ2) is 13.2. The van der Waals surface area contributed by atoms with E-state index in [1.54, 1.807) is 12.1 Å². The Kier molecular flexibility index (Phi) is 10.1. The number of imidazole rings is 1. The molecule has 0 saturated heterocycles. The van der Waals surface area contributed by atoms with Gasteiger partial charge in [0, 0.05) is 28.4 Å². The van der Waals surface area contributed by atoms with Crippen LogP contribution >= 0.6 is 23.4 Å². The first-order valence-electron chi connectivity index (χ1n) is 12.0. The number of benzene rings is 2. The lowest BCUT2D eigenvalue weighted by Crippen LogP contribution is -2.23. The summed E-state index contributed by atoms with van der Waals surface area (Å²) in [5, 5.41) is 9.94. The molecule has 35 heavy (non-hydrogen) atoms. The Balaban J connectivity index is 1.97. The number of unbranched alkanes of at least 4 members (excludes halogenated alkanes) is 1. The summed E-state index contributed by atoms with van der Waals surface area (Å²) in [5.74, 6) is 0.408. The lowest BCUT2D eigenvalue weighted by atomic mass is 10.1. The number of H-pyrrole nitrogens is 1. The first-order chi connectivity index (χ1) is 17.0. The molecule has 3 rings (SSSR count). The van der Waals surface area contributed by atoms with E-state index in [1.807, 2.05) is 61.7 Å². The molecule has 0 aliphatic carbocycles. The Bertz CT molecular complexity index is 1180. The normalized spacial score (nSPS) is 12.0. The maximum atomic E-state index is 13.5. The van der Waals surface area contributed by atoms with Crippen molar-refractivity contribution < 1.29 is 4.79 Å². The number of nitrogens with one attached hydrogen (secondary N) is 3. The van der Waals surface area contributed by atoms with E-state index in [0.29, 0.717) is 22.2 Å². The highest BCUT2D eigenvalue weighted by atomic mass is 35.5. The lowest BCUT2D eigenvalue weighted by molar-refractivity contribution is 0.0964. The Morgan fingerprint density at radius 1 is 1.09 bits per heavy atom. The third-order valence-corrected chi connectivity index (χ3v) is 6.88. The van der Waals surface area contributed by atoms with Gasteiger partial charge in [-0.15, -0.1) is 0 Å². The summed E-state index contributed by atoms with van der Waals surface area (Å²) in [5.41, 5.74) is 4.90. The zero-order chi connectivity index (χ0) is 25.2. The molecule has 0 aliphatic heterocycles. The maximum Gasteiger partial charge on any atom is 0.274 e. The molecule has 0 atom stereocenters. The van der Waals surface area contributed by atoms with Crippen molar-refractivity contribution in [3.8, 4) is 22.6 Å². The number of halogens is 1. The predicted molar refractivity (Wildman–Crippen MR) is 151 cm³/mol. The fraction of sp³-hybridized carbons (Fsp3) is 0.286. The van der Waals surface area contributed by atoms with Crippen LogP contribution in [0.2, 0.25) is 5.02 Å². The van der Waals surface area contributed by atoms with Crippen LogP contribution in [0, 0.1) is 0 Å². The number of anilines is 1. The Hall–Kier alpha value is -2.96. The molecule has 1 aromatic heterocycles. The van der Waals surface area contributed by atoms with Crippen molar-refractivity contribution in [2.24, 2.45) is 0 Å². The van der Waals surface area contributed by atoms with E-state index in [-0.39, 0.29) is 5.91 Å². The summed E-state index contributed by atoms with van der Waals surface area (Å²) in [4.78, 5) is 21.6. The molecule has 1 amide bonds. The second-order valence-electron chi connectivity index (χ2n) is 8.18. The second-order valence-corrected chi connectivity index (χ2v) is 9.53. The first kappa shape index (κ1) is 26.6. The fourth-order valence-corrected chi connectivity index (χ4v) is 4.24. The van der Waals surface area contributed by atoms with Crippen LogP contribution in [0.4, 0.5) is 5.69 Å². The molecule has 1 heterocycles. The molecule has 3 N–H and O–H groups in total. The van der Waals surface area contributed by atoms with E-state index in [2.05, 4.69) is 29.5 Å². The van der Waals surface area contributed by atoms with Gasteiger partial charge in [-0.1, -0.05) is 61.8 Å². The predicted octanol–water partition coefficient (Wildman–Crippen LogP) is 8.25. The fourth-order valence-electron chi connectivity index (χ4n) is 3.35. The molecule has 0 spiro atoms. The molecule has 7 heteroatoms. The average molecular weight is 509 g/mol. The van der Waals surface area contributed by atoms with E-state index in [4.69, 9.17) is 16.6 Å². The van der Waals surface area contributed by atoms with Gasteiger partial charge in [-0.25, -0.2) is 4.98 Å². The highest BCUT2D eigenvalue weighted by molar-refractivity contribution is 8.05. The van der Waals surface area contributed by atoms with Crippen LogP contribution in [0.25, 0.3) is 22.6 Å². The van der Waals surface area contributed by atoms with Gasteiger partial charge in [0.2, 0.25) is 0 Å². The molecule has 2 aromatic carbocycles. The summed E-state index contributed by atoms with van der Waals surface area (Å²) in [6.07, 6.45) is 5.08. The maximum absolute atomic E-state index is 13.5. The highest BCUT2D eigenvalue weighted by Gasteiger charge is 2.21. The number of aromatic nitrogens is 2. The number of amides is 1. The number of rotatable bonds is 11. The molecule has 184 valence electrons. The standard InChI is InChI=1S/C28H33ClN4OS/c1-5-8-17-30-23-15-11-21(12-16-23)26-31-24(20-9-13-22(29)14-10-20)25(32-26)27(34)33-28(19(4)7-3)35-18-6-2/h6,9-16,18,30H,5,7-8,17H2,1-4H3,(H,31,32)(H,33,34)/b18-6-,28-19+. The van der Waals surface area contributed by atoms with Crippen molar-refractivity contribution in [2.75, 3.05) is 11.9 Å². The Morgan fingerprint density at radius 2 is 1.77 bits per heavy atom. The highest BCUT2D eigenvalue weighted by Crippen LogP contribution is 2.29. The van der Waals surface area contributed by atoms with Gasteiger partial charge < -0.3 is 15.6 Å². The molecule has 0 aliphatic rings. The molecular weight excluding hydrogens is 476 g/mol. The lowest BCUT2D eigenvalue weighted by Gasteiger charge is -2.11. The van der Waals surface area contributed by atoms with Gasteiger partial charge in [0.25, 0.3) is 5.91 Å². The van der Waals surface area contributed by atoms with Gasteiger partial charge in [-0.2, -0.15) is 0 Å². The zero-order valence-electron chi connectivity index (χ0n) is 20.7. The molecule has 0 radical (unpaired) electrons. The Labute approximate surface area is 217 Å². The molecule has 5 nitrogen and oxygen atoms in total. The van der Waals surface area contributed by atoms with E-state index >= 15 is 0 Å². The smallest absolute Gasteiger partial charge is 0.274 e. The quantitative estimate of drug-likeness (QED) is 0.228. The zero-order valence-corrected chi connectivity index (χ0v) is 22.3. The minimum absolute atomic E-state index is 0.230. The third-order valence-electron chi connectivity index (χ3n) is 5.53. The van der Waals surface area contributed by atoms with Gasteiger partial charge in [0.15, 0.2) is 0 Å². The number of thioether (sulfide) groups is 1. The number of nitrogens with zero attached hydrogens (tertiary/aromatic N) is 1. The first-order valence-corrected chi connectivity index (χ1v) is 13.2. The summed E-state index contributed by atoms with van der Waals surface area (Å²) < 4.78 is 0. The summed E-state index contributed by atoms with van der Waals surface area (Å²) in [6, 6.07) is 15.5. The number of carbonyl (C=O) groups is 1. The van der Waals surface area contributed by atoms with Gasteiger partial charge >= 0.3 is 0 Å². The van der Waals surface area contributed by atoms with Crippen molar-refractivity contribution in [2.45, 2.75) is 47.0 Å². The van der Waals surface area contributed by atoms with E-state index < -0.39 is 0 Å². The van der Waals surface area contributed by atoms with E-state index in [9.17, 15) is 4.79 Å². The van der Waals surface area contributed by atoms with Gasteiger partial charge in [0.05, 0.1) is 5.03 Å². The number of hydrogen-bond donors (Lipinski definition) is 3. The van der Waals surface area contributed by atoms with Crippen molar-refractivity contribution >= 4 is 35.0 Å². The number of hydrogen-bond acceptors (Lipinski definition) is 4. The van der Waals surface area contributed by atoms with Crippen molar-refractivity contribution in [3.05, 3.63) is 81.3 Å². The van der Waals surface area contributed by atoms with Crippen LogP contribution in [0.1, 0.15) is 57.4 Å². The van der Waals surface area contributed by atoms with Crippen LogP contribution in [-0.4, -0.2) is 22.4 Å². The molecule has 3 aromatic rings. The minimum atomic E-state index is -0.230. The average Bonchev–Trinajstić information content (AvgIpc) is 3.32. The van der Waals surface area contributed by atoms with Crippen LogP contribution in [0.15, 0.2) is 70.6 Å². The van der Waals surface area contributed by atoms with Crippen LogP contribution in [0.5, 0.6) is 0 Å². The largest absolute Gasteiger partial charge is 0.385 e. The van der Waals surface area contributed by atoms with Crippen LogP contribution < -0.4 is 10.6 Å². The van der Waals surface area contributed by atoms with Crippen molar-refractivity contribution in [3.63, 3.8) is 0 Å². The van der Waals surface area contributed by atoms with Gasteiger partial charge in [-0.05, 0) is 74.1 Å². The van der Waals surface area contributed by atoms with Crippen LogP contribution in [-0.2, 0) is 0 Å². The monoisotopic (exact) mass is 508 g/mol. The summed E-state index contributed by atoms with van der Waals surface area (Å²) >= 11 is 7.60. The molecule has 0 unspecified atom stereocenters. The van der Waals surface area contributed by atoms with Gasteiger partial charge in [-0.3, -0.25) is 4.79 Å². The molecular formula is C28H33ClN4OS. The van der Waals surface area contributed by atoms with Crippen molar-refractivity contribution in [1.29, 1.82) is 0 Å². The van der Waals surface area contributed by atoms with E-state index in [0.717, 1.165) is 53.2 Å². The van der Waals surface area contributed by atoms with E-state index in [1.165, 1.54) is 11.8 Å². The number of aromatic amines is 1. The third kappa shape index (κ3) is 7.26. The Morgan fingerprint density at radius 3 is 2.40 bits per heavy atom. The molecule has 0 bridgehead atoms.